The quantitative estimate of drug-likeness (QED) is 0.130. The first kappa shape index (κ1) is 30.1. The Hall–Kier alpha value is -1.17. The molecular weight excluding hydrogens is 510 g/mol. The van der Waals surface area contributed by atoms with Gasteiger partial charge in [-0.05, 0) is 30.5 Å². The number of hydrogen-bond donors (Lipinski definition) is 16. The molecule has 202 valence electrons. The Bertz CT molecular complexity index is 880. The summed E-state index contributed by atoms with van der Waals surface area (Å²) in [5.41, 5.74) is -13.3. The van der Waals surface area contributed by atoms with Crippen molar-refractivity contribution in [3.63, 3.8) is 0 Å². The summed E-state index contributed by atoms with van der Waals surface area (Å²) in [7, 11) is 0. The Morgan fingerprint density at radius 3 is 1.26 bits per heavy atom. The number of rotatable bonds is 9. The van der Waals surface area contributed by atoms with Crippen molar-refractivity contribution in [3.8, 4) is 0 Å². The fourth-order valence-corrected chi connectivity index (χ4v) is 4.55. The first-order valence-corrected chi connectivity index (χ1v) is 9.84. The maximum Gasteiger partial charge on any atom is 0.354 e. The van der Waals surface area contributed by atoms with Crippen molar-refractivity contribution >= 4 is 11.6 Å². The molecule has 0 bridgehead atoms. The predicted octanol–water partition coefficient (Wildman–Crippen LogP) is -7.40. The first-order valence-electron chi connectivity index (χ1n) is 9.47. The van der Waals surface area contributed by atoms with E-state index >= 15 is 0 Å². The summed E-state index contributed by atoms with van der Waals surface area (Å²) in [5, 5.41) is 160. The molecule has 1 unspecified atom stereocenters. The van der Waals surface area contributed by atoms with Crippen molar-refractivity contribution in [1.29, 1.82) is 0 Å². The van der Waals surface area contributed by atoms with Gasteiger partial charge in [0, 0.05) is 10.4 Å². The zero-order valence-corrected chi connectivity index (χ0v) is 18.2. The summed E-state index contributed by atoms with van der Waals surface area (Å²) in [6.45, 7) is 0. The van der Waals surface area contributed by atoms with Crippen LogP contribution in [0.5, 0.6) is 0 Å². The number of aliphatic hydroxyl groups is 16. The molecule has 1 aliphatic carbocycles. The molecule has 1 fully saturated rings. The average Bonchev–Trinajstić information content (AvgIpc) is 2.56. The van der Waals surface area contributed by atoms with Gasteiger partial charge >= 0.3 is 24.1 Å². The fourth-order valence-electron chi connectivity index (χ4n) is 4.42. The third-order valence-electron chi connectivity index (χ3n) is 6.16. The van der Waals surface area contributed by atoms with Crippen LogP contribution in [-0.4, -0.2) is 128 Å². The van der Waals surface area contributed by atoms with Gasteiger partial charge in [-0.3, -0.25) is 0 Å². The third kappa shape index (κ3) is 4.24. The van der Waals surface area contributed by atoms with E-state index in [1.54, 1.807) is 0 Å². The summed E-state index contributed by atoms with van der Waals surface area (Å²) in [5.74, 6) is -15.9. The van der Waals surface area contributed by atoms with E-state index in [4.69, 9.17) is 11.6 Å². The maximum absolute atomic E-state index is 11.6. The molecule has 0 heterocycles. The molecular formula is C17H26ClNO16. The minimum absolute atomic E-state index is 0.0289. The topological polar surface area (TPSA) is 327 Å². The molecule has 0 radical (unpaired) electrons. The van der Waals surface area contributed by atoms with Gasteiger partial charge in [0.15, 0.2) is 5.72 Å². The van der Waals surface area contributed by atoms with Crippen molar-refractivity contribution in [2.24, 2.45) is 0 Å². The highest BCUT2D eigenvalue weighted by atomic mass is 35.5. The Balaban J connectivity index is 3.13. The smallest absolute Gasteiger partial charge is 0.354 e. The van der Waals surface area contributed by atoms with E-state index in [9.17, 15) is 81.7 Å². The average molecular weight is 536 g/mol. The molecule has 0 spiro atoms. The standard InChI is InChI=1S/C17H26ClNO16/c18-9-4-2-8(3-5-9)10(6-1-7-10)12(21,19(16(30,31)32)17(33,34)35)13(22,23)11(20,14(24,25)26)15(27,28)29/h2-5,20-35H,1,6-7H2. The van der Waals surface area contributed by atoms with Gasteiger partial charge in [-0.25, -0.2) is 0 Å². The van der Waals surface area contributed by atoms with Crippen LogP contribution >= 0.6 is 11.6 Å². The Morgan fingerprint density at radius 2 is 1.00 bits per heavy atom. The second-order valence-electron chi connectivity index (χ2n) is 8.30. The molecule has 1 aromatic rings. The lowest BCUT2D eigenvalue weighted by Gasteiger charge is -2.65. The van der Waals surface area contributed by atoms with Crippen molar-refractivity contribution in [2.75, 3.05) is 0 Å². The van der Waals surface area contributed by atoms with Crippen LogP contribution in [0.1, 0.15) is 24.8 Å². The predicted molar refractivity (Wildman–Crippen MR) is 103 cm³/mol. The number of nitrogens with zero attached hydrogens (tertiary/aromatic N) is 1. The van der Waals surface area contributed by atoms with Gasteiger partial charge in [0.1, 0.15) is 0 Å². The lowest BCUT2D eigenvalue weighted by Crippen LogP contribution is -2.92. The van der Waals surface area contributed by atoms with E-state index in [2.05, 4.69) is 0 Å². The van der Waals surface area contributed by atoms with Gasteiger partial charge in [0.2, 0.25) is 0 Å². The lowest BCUT2D eigenvalue weighted by atomic mass is 9.53. The van der Waals surface area contributed by atoms with Gasteiger partial charge in [-0.2, -0.15) is 0 Å². The van der Waals surface area contributed by atoms with Crippen LogP contribution in [0.25, 0.3) is 0 Å². The lowest BCUT2D eigenvalue weighted by molar-refractivity contribution is -0.610. The van der Waals surface area contributed by atoms with Crippen LogP contribution in [0, 0.1) is 0 Å². The molecule has 0 aliphatic heterocycles. The highest BCUT2D eigenvalue weighted by molar-refractivity contribution is 6.30. The fraction of sp³-hybridized carbons (Fsp3) is 0.647. The minimum Gasteiger partial charge on any atom is -0.371 e. The molecule has 35 heavy (non-hydrogen) atoms. The van der Waals surface area contributed by atoms with Crippen molar-refractivity contribution in [1.82, 2.24) is 4.90 Å². The maximum atomic E-state index is 11.6. The number of benzene rings is 1. The van der Waals surface area contributed by atoms with E-state index in [1.807, 2.05) is 0 Å². The second kappa shape index (κ2) is 8.43. The molecule has 0 aromatic heterocycles. The summed E-state index contributed by atoms with van der Waals surface area (Å²) in [4.78, 5) is -1.52. The Kier molecular flexibility index (Phi) is 7.24. The highest BCUT2D eigenvalue weighted by Crippen LogP contribution is 2.60. The molecule has 1 aliphatic rings. The van der Waals surface area contributed by atoms with E-state index in [0.717, 1.165) is 24.3 Å². The Labute approximate surface area is 199 Å². The van der Waals surface area contributed by atoms with Crippen molar-refractivity contribution < 1.29 is 81.7 Å². The second-order valence-corrected chi connectivity index (χ2v) is 8.74. The molecule has 1 aromatic carbocycles. The summed E-state index contributed by atoms with van der Waals surface area (Å²) in [6.07, 6.45) is -11.2. The van der Waals surface area contributed by atoms with Gasteiger partial charge in [-0.1, -0.05) is 30.2 Å². The third-order valence-corrected chi connectivity index (χ3v) is 6.41. The largest absolute Gasteiger partial charge is 0.371 e. The highest BCUT2D eigenvalue weighted by Gasteiger charge is 2.86. The number of hydrogen-bond acceptors (Lipinski definition) is 17. The van der Waals surface area contributed by atoms with E-state index in [0.29, 0.717) is 0 Å². The minimum atomic E-state index is -5.45. The van der Waals surface area contributed by atoms with E-state index in [1.165, 1.54) is 0 Å². The van der Waals surface area contributed by atoms with Crippen molar-refractivity contribution in [2.45, 2.75) is 65.9 Å². The van der Waals surface area contributed by atoms with Crippen LogP contribution in [0.15, 0.2) is 24.3 Å². The van der Waals surface area contributed by atoms with E-state index in [-0.39, 0.29) is 17.0 Å². The zero-order valence-electron chi connectivity index (χ0n) is 17.4. The van der Waals surface area contributed by atoms with Crippen LogP contribution in [0.3, 0.4) is 0 Å². The molecule has 2 rings (SSSR count). The molecule has 0 saturated heterocycles. The van der Waals surface area contributed by atoms with Crippen LogP contribution in [0.2, 0.25) is 5.02 Å². The summed E-state index contributed by atoms with van der Waals surface area (Å²) >= 11 is 5.78. The van der Waals surface area contributed by atoms with Crippen molar-refractivity contribution in [3.05, 3.63) is 34.9 Å². The first-order chi connectivity index (χ1) is 15.3. The molecule has 0 amide bonds. The molecule has 18 heteroatoms. The molecule has 1 saturated carbocycles. The molecule has 17 nitrogen and oxygen atoms in total. The summed E-state index contributed by atoms with van der Waals surface area (Å²) < 4.78 is 0. The zero-order chi connectivity index (χ0) is 27.7. The van der Waals surface area contributed by atoms with Crippen LogP contribution in [0.4, 0.5) is 0 Å². The number of halogens is 1. The SMILES string of the molecule is OC(O)(O)N(C(O)(O)O)C(O)(C1(c2ccc(Cl)cc2)CCC1)C(O)(O)C(O)(C(O)(O)O)C(O)(O)O. The van der Waals surface area contributed by atoms with Crippen LogP contribution in [-0.2, 0) is 5.41 Å². The molecule has 1 atom stereocenters. The van der Waals surface area contributed by atoms with Gasteiger partial charge in [0.05, 0.1) is 0 Å². The Morgan fingerprint density at radius 1 is 0.629 bits per heavy atom. The normalized spacial score (nSPS) is 19.9. The van der Waals surface area contributed by atoms with Gasteiger partial charge in [0.25, 0.3) is 11.4 Å². The monoisotopic (exact) mass is 535 g/mol. The van der Waals surface area contributed by atoms with Crippen LogP contribution < -0.4 is 0 Å². The molecule has 16 N–H and O–H groups in total. The van der Waals surface area contributed by atoms with Gasteiger partial charge in [-0.15, -0.1) is 4.90 Å². The van der Waals surface area contributed by atoms with Gasteiger partial charge < -0.3 is 81.7 Å². The summed E-state index contributed by atoms with van der Waals surface area (Å²) in [6, 6.07) is 4.19. The van der Waals surface area contributed by atoms with E-state index < -0.39 is 64.4 Å².